The molecule has 1 aliphatic carbocycles. The molecule has 1 fully saturated rings. The molecule has 0 spiro atoms. The van der Waals surface area contributed by atoms with Gasteiger partial charge >= 0.3 is 0 Å². The van der Waals surface area contributed by atoms with Crippen LogP contribution < -0.4 is 9.47 Å². The molecule has 0 radical (unpaired) electrons. The van der Waals surface area contributed by atoms with Gasteiger partial charge in [-0.2, -0.15) is 0 Å². The van der Waals surface area contributed by atoms with Gasteiger partial charge in [-0.25, -0.2) is 0 Å². The Morgan fingerprint density at radius 2 is 1.79 bits per heavy atom. The van der Waals surface area contributed by atoms with Crippen molar-refractivity contribution in [1.82, 2.24) is 4.98 Å². The fourth-order valence-corrected chi connectivity index (χ4v) is 4.34. The summed E-state index contributed by atoms with van der Waals surface area (Å²) in [7, 11) is 1.69. The Balaban J connectivity index is 0.00000225. The van der Waals surface area contributed by atoms with Gasteiger partial charge in [0.05, 0.1) is 23.3 Å². The number of aromatic nitrogens is 1. The van der Waals surface area contributed by atoms with E-state index in [9.17, 15) is 0 Å². The van der Waals surface area contributed by atoms with Gasteiger partial charge in [0.2, 0.25) is 0 Å². The molecule has 0 saturated heterocycles. The molecule has 28 heavy (non-hydrogen) atoms. The Morgan fingerprint density at radius 1 is 1.07 bits per heavy atom. The van der Waals surface area contributed by atoms with Gasteiger partial charge in [0.25, 0.3) is 0 Å². The fraction of sp³-hybridized carbons (Fsp3) is 0.429. The van der Waals surface area contributed by atoms with Crippen LogP contribution in [0.3, 0.4) is 0 Å². The number of methoxy groups -OCH3 is 1. The average molecular weight is 442 g/mol. The number of ether oxygens (including phenoxy) is 2. The van der Waals surface area contributed by atoms with Crippen molar-refractivity contribution >= 4 is 41.3 Å². The molecule has 1 aromatic carbocycles. The first kappa shape index (κ1) is 21.2. The van der Waals surface area contributed by atoms with Crippen molar-refractivity contribution in [3.8, 4) is 11.5 Å². The Kier molecular flexibility index (Phi) is 7.08. The first-order valence-electron chi connectivity index (χ1n) is 9.35. The minimum atomic E-state index is 0. The number of pyridine rings is 1. The van der Waals surface area contributed by atoms with Crippen LogP contribution in [0.4, 0.5) is 0 Å². The predicted molar refractivity (Wildman–Crippen MR) is 116 cm³/mol. The van der Waals surface area contributed by atoms with E-state index in [0.29, 0.717) is 16.5 Å². The van der Waals surface area contributed by atoms with Crippen LogP contribution in [0.15, 0.2) is 29.5 Å². The monoisotopic (exact) mass is 440 g/mol. The van der Waals surface area contributed by atoms with E-state index in [1.54, 1.807) is 19.5 Å². The SMILES string of the molecule is COc1cc2c(cc1OC1CCCC1)C(Cc1c(Cl)cncc1Cl)=NCC2.Cl. The maximum Gasteiger partial charge on any atom is 0.162 e. The highest BCUT2D eigenvalue weighted by molar-refractivity contribution is 6.36. The summed E-state index contributed by atoms with van der Waals surface area (Å²) in [5.74, 6) is 1.59. The lowest BCUT2D eigenvalue weighted by molar-refractivity contribution is 0.200. The number of benzene rings is 1. The summed E-state index contributed by atoms with van der Waals surface area (Å²) in [6.07, 6.45) is 9.62. The molecular formula is C21H23Cl3N2O2. The smallest absolute Gasteiger partial charge is 0.162 e. The Morgan fingerprint density at radius 3 is 2.46 bits per heavy atom. The number of fused-ring (bicyclic) bond motifs is 1. The quantitative estimate of drug-likeness (QED) is 0.595. The van der Waals surface area contributed by atoms with E-state index in [-0.39, 0.29) is 18.5 Å². The van der Waals surface area contributed by atoms with Gasteiger partial charge in [-0.1, -0.05) is 23.2 Å². The molecule has 1 saturated carbocycles. The van der Waals surface area contributed by atoms with E-state index in [4.69, 9.17) is 37.7 Å². The highest BCUT2D eigenvalue weighted by atomic mass is 35.5. The Hall–Kier alpha value is -1.49. The highest BCUT2D eigenvalue weighted by Crippen LogP contribution is 2.36. The number of hydrogen-bond acceptors (Lipinski definition) is 4. The lowest BCUT2D eigenvalue weighted by Gasteiger charge is -2.22. The summed E-state index contributed by atoms with van der Waals surface area (Å²) < 4.78 is 11.9. The van der Waals surface area contributed by atoms with Crippen LogP contribution in [0, 0.1) is 0 Å². The second kappa shape index (κ2) is 9.34. The lowest BCUT2D eigenvalue weighted by Crippen LogP contribution is -2.18. The predicted octanol–water partition coefficient (Wildman–Crippen LogP) is 5.73. The molecular weight excluding hydrogens is 419 g/mol. The van der Waals surface area contributed by atoms with Crippen molar-refractivity contribution in [2.45, 2.75) is 44.6 Å². The van der Waals surface area contributed by atoms with E-state index in [1.807, 2.05) is 0 Å². The minimum absolute atomic E-state index is 0. The second-order valence-electron chi connectivity index (χ2n) is 7.02. The van der Waals surface area contributed by atoms with E-state index in [2.05, 4.69) is 17.1 Å². The molecule has 4 rings (SSSR count). The number of aliphatic imine (C=N–C) groups is 1. The fourth-order valence-electron chi connectivity index (χ4n) is 3.84. The van der Waals surface area contributed by atoms with Crippen LogP contribution in [0.25, 0.3) is 0 Å². The minimum Gasteiger partial charge on any atom is -0.493 e. The van der Waals surface area contributed by atoms with E-state index >= 15 is 0 Å². The summed E-state index contributed by atoms with van der Waals surface area (Å²) in [5, 5.41) is 1.13. The van der Waals surface area contributed by atoms with Gasteiger partial charge in [-0.05, 0) is 55.4 Å². The molecule has 0 atom stereocenters. The molecule has 0 unspecified atom stereocenters. The topological polar surface area (TPSA) is 43.7 Å². The number of nitrogens with zero attached hydrogens (tertiary/aromatic N) is 2. The van der Waals surface area contributed by atoms with Crippen LogP contribution in [-0.2, 0) is 12.8 Å². The third-order valence-electron chi connectivity index (χ3n) is 5.28. The van der Waals surface area contributed by atoms with Crippen molar-refractivity contribution in [3.05, 3.63) is 51.3 Å². The third-order valence-corrected chi connectivity index (χ3v) is 5.93. The Bertz CT molecular complexity index is 860. The van der Waals surface area contributed by atoms with Crippen LogP contribution in [0.2, 0.25) is 10.0 Å². The molecule has 2 aromatic rings. The van der Waals surface area contributed by atoms with Gasteiger partial charge < -0.3 is 9.47 Å². The molecule has 4 nitrogen and oxygen atoms in total. The van der Waals surface area contributed by atoms with Crippen molar-refractivity contribution in [1.29, 1.82) is 0 Å². The number of hydrogen-bond donors (Lipinski definition) is 0. The zero-order valence-electron chi connectivity index (χ0n) is 15.7. The molecule has 2 aliphatic rings. The van der Waals surface area contributed by atoms with E-state index < -0.39 is 0 Å². The zero-order chi connectivity index (χ0) is 18.8. The molecule has 1 aromatic heterocycles. The van der Waals surface area contributed by atoms with Crippen molar-refractivity contribution < 1.29 is 9.47 Å². The van der Waals surface area contributed by atoms with E-state index in [0.717, 1.165) is 54.1 Å². The summed E-state index contributed by atoms with van der Waals surface area (Å²) in [6.45, 7) is 0.745. The Labute approximate surface area is 181 Å². The molecule has 0 N–H and O–H groups in total. The first-order valence-corrected chi connectivity index (χ1v) is 10.1. The van der Waals surface area contributed by atoms with Gasteiger partial charge in [0, 0.05) is 36.6 Å². The molecule has 2 heterocycles. The van der Waals surface area contributed by atoms with Crippen LogP contribution >= 0.6 is 35.6 Å². The molecule has 0 amide bonds. The van der Waals surface area contributed by atoms with Crippen LogP contribution in [0.5, 0.6) is 11.5 Å². The van der Waals surface area contributed by atoms with Crippen molar-refractivity contribution in [2.75, 3.05) is 13.7 Å². The van der Waals surface area contributed by atoms with Crippen molar-refractivity contribution in [2.24, 2.45) is 4.99 Å². The molecule has 150 valence electrons. The maximum atomic E-state index is 6.32. The summed E-state index contributed by atoms with van der Waals surface area (Å²) in [5.41, 5.74) is 4.15. The van der Waals surface area contributed by atoms with Gasteiger partial charge in [0.15, 0.2) is 11.5 Å². The molecule has 0 bridgehead atoms. The summed E-state index contributed by atoms with van der Waals surface area (Å²) >= 11 is 12.6. The second-order valence-corrected chi connectivity index (χ2v) is 7.84. The van der Waals surface area contributed by atoms with Gasteiger partial charge in [0.1, 0.15) is 0 Å². The van der Waals surface area contributed by atoms with Crippen LogP contribution in [0.1, 0.15) is 42.4 Å². The zero-order valence-corrected chi connectivity index (χ0v) is 18.0. The summed E-state index contributed by atoms with van der Waals surface area (Å²) in [6, 6.07) is 4.16. The lowest BCUT2D eigenvalue weighted by atomic mass is 9.93. The maximum absolute atomic E-state index is 6.32. The van der Waals surface area contributed by atoms with E-state index in [1.165, 1.54) is 18.4 Å². The van der Waals surface area contributed by atoms with Crippen molar-refractivity contribution in [3.63, 3.8) is 0 Å². The third kappa shape index (κ3) is 4.40. The summed E-state index contributed by atoms with van der Waals surface area (Å²) in [4.78, 5) is 8.80. The standard InChI is InChI=1S/C21H22Cl2N2O2.ClH/c1-26-20-8-13-6-7-25-19(9-16-17(22)11-24-12-18(16)23)15(13)10-21(20)27-14-4-2-3-5-14;/h8,10-12,14H,2-7,9H2,1H3;1H. The largest absolute Gasteiger partial charge is 0.493 e. The number of halogens is 3. The highest BCUT2D eigenvalue weighted by Gasteiger charge is 2.23. The number of rotatable bonds is 5. The first-order chi connectivity index (χ1) is 13.2. The van der Waals surface area contributed by atoms with Gasteiger partial charge in [-0.3, -0.25) is 9.98 Å². The normalized spacial score (nSPS) is 16.2. The molecule has 7 heteroatoms. The average Bonchev–Trinajstić information content (AvgIpc) is 3.17. The molecule has 1 aliphatic heterocycles. The van der Waals surface area contributed by atoms with Gasteiger partial charge in [-0.15, -0.1) is 12.4 Å². The van der Waals surface area contributed by atoms with Crippen LogP contribution in [-0.4, -0.2) is 30.5 Å².